The Morgan fingerprint density at radius 1 is 1.33 bits per heavy atom. The Balaban J connectivity index is 1.98. The molecule has 0 amide bonds. The largest absolute Gasteiger partial charge is 0.381 e. The van der Waals surface area contributed by atoms with Gasteiger partial charge in [-0.3, -0.25) is 0 Å². The van der Waals surface area contributed by atoms with Crippen molar-refractivity contribution < 1.29 is 4.74 Å². The lowest BCUT2D eigenvalue weighted by Gasteiger charge is -2.27. The highest BCUT2D eigenvalue weighted by molar-refractivity contribution is 6.20. The Kier molecular flexibility index (Phi) is 3.66. The quantitative estimate of drug-likeness (QED) is 0.702. The topological polar surface area (TPSA) is 9.23 Å². The van der Waals surface area contributed by atoms with Gasteiger partial charge in [-0.05, 0) is 25.3 Å². The van der Waals surface area contributed by atoms with Crippen LogP contribution in [0.5, 0.6) is 0 Å². The van der Waals surface area contributed by atoms with Crippen molar-refractivity contribution in [1.82, 2.24) is 0 Å². The predicted molar refractivity (Wildman–Crippen MR) is 63.5 cm³/mol. The van der Waals surface area contributed by atoms with Crippen LogP contribution in [0.4, 0.5) is 0 Å². The lowest BCUT2D eigenvalue weighted by molar-refractivity contribution is 0.0578. The van der Waals surface area contributed by atoms with Crippen LogP contribution in [0.15, 0.2) is 24.3 Å². The van der Waals surface area contributed by atoms with Crippen LogP contribution < -0.4 is 0 Å². The van der Waals surface area contributed by atoms with Gasteiger partial charge in [0, 0.05) is 17.9 Å². The van der Waals surface area contributed by atoms with Crippen LogP contribution in [0.1, 0.15) is 17.5 Å². The number of rotatable bonds is 2. The summed E-state index contributed by atoms with van der Waals surface area (Å²) in [6.07, 6.45) is 2.02. The molecule has 0 aliphatic carbocycles. The lowest BCUT2D eigenvalue weighted by Crippen LogP contribution is -2.29. The molecule has 0 saturated carbocycles. The first-order valence-electron chi connectivity index (χ1n) is 5.53. The maximum Gasteiger partial charge on any atom is 0.0511 e. The first-order chi connectivity index (χ1) is 7.25. The van der Waals surface area contributed by atoms with E-state index in [-0.39, 0.29) is 5.38 Å². The smallest absolute Gasteiger partial charge is 0.0511 e. The third-order valence-corrected chi connectivity index (χ3v) is 3.57. The second-order valence-corrected chi connectivity index (χ2v) is 4.89. The third-order valence-electron chi connectivity index (χ3n) is 3.00. The van der Waals surface area contributed by atoms with Gasteiger partial charge < -0.3 is 4.74 Å². The van der Waals surface area contributed by atoms with E-state index in [2.05, 4.69) is 31.2 Å². The van der Waals surface area contributed by atoms with Crippen molar-refractivity contribution in [3.05, 3.63) is 35.4 Å². The Morgan fingerprint density at radius 3 is 2.73 bits per heavy atom. The zero-order valence-electron chi connectivity index (χ0n) is 9.08. The van der Waals surface area contributed by atoms with Crippen molar-refractivity contribution in [3.63, 3.8) is 0 Å². The van der Waals surface area contributed by atoms with Crippen molar-refractivity contribution in [1.29, 1.82) is 0 Å². The molecule has 1 heterocycles. The van der Waals surface area contributed by atoms with Crippen LogP contribution in [-0.4, -0.2) is 18.6 Å². The fourth-order valence-corrected chi connectivity index (χ4v) is 2.24. The molecule has 2 unspecified atom stereocenters. The minimum atomic E-state index is 0.278. The van der Waals surface area contributed by atoms with Crippen molar-refractivity contribution in [2.45, 2.75) is 25.1 Å². The number of benzene rings is 1. The molecule has 0 spiro atoms. The van der Waals surface area contributed by atoms with E-state index in [1.165, 1.54) is 11.1 Å². The van der Waals surface area contributed by atoms with Crippen molar-refractivity contribution in [2.24, 2.45) is 5.92 Å². The molecule has 0 bridgehead atoms. The Hall–Kier alpha value is -0.530. The Labute approximate surface area is 96.4 Å². The van der Waals surface area contributed by atoms with E-state index in [1.807, 2.05) is 0 Å². The van der Waals surface area contributed by atoms with Gasteiger partial charge in [-0.1, -0.05) is 29.8 Å². The maximum absolute atomic E-state index is 6.28. The molecule has 1 nitrogen and oxygen atoms in total. The van der Waals surface area contributed by atoms with E-state index < -0.39 is 0 Å². The van der Waals surface area contributed by atoms with Gasteiger partial charge >= 0.3 is 0 Å². The summed E-state index contributed by atoms with van der Waals surface area (Å²) in [5, 5.41) is 0.278. The highest BCUT2D eigenvalue weighted by atomic mass is 35.5. The fraction of sp³-hybridized carbons (Fsp3) is 0.538. The van der Waals surface area contributed by atoms with E-state index in [1.54, 1.807) is 0 Å². The molecule has 1 aliphatic heterocycles. The number of aryl methyl sites for hydroxylation is 1. The first kappa shape index (κ1) is 11.0. The third kappa shape index (κ3) is 2.96. The van der Waals surface area contributed by atoms with Gasteiger partial charge in [-0.15, -0.1) is 11.6 Å². The van der Waals surface area contributed by atoms with Gasteiger partial charge in [0.1, 0.15) is 0 Å². The summed E-state index contributed by atoms with van der Waals surface area (Å²) in [6.45, 7) is 3.73. The zero-order chi connectivity index (χ0) is 10.7. The molecule has 2 rings (SSSR count). The molecule has 1 aromatic rings. The predicted octanol–water partition coefficient (Wildman–Crippen LogP) is 3.18. The van der Waals surface area contributed by atoms with Crippen LogP contribution in [0, 0.1) is 12.8 Å². The highest BCUT2D eigenvalue weighted by Crippen LogP contribution is 2.24. The molecule has 1 aromatic carbocycles. The summed E-state index contributed by atoms with van der Waals surface area (Å²) in [5.41, 5.74) is 2.67. The fourth-order valence-electron chi connectivity index (χ4n) is 1.98. The monoisotopic (exact) mass is 224 g/mol. The second kappa shape index (κ2) is 5.00. The number of hydrogen-bond acceptors (Lipinski definition) is 1. The van der Waals surface area contributed by atoms with Gasteiger partial charge in [0.05, 0.1) is 6.61 Å². The molecule has 0 aromatic heterocycles. The van der Waals surface area contributed by atoms with Crippen LogP contribution in [0.2, 0.25) is 0 Å². The van der Waals surface area contributed by atoms with Gasteiger partial charge in [0.2, 0.25) is 0 Å². The van der Waals surface area contributed by atoms with E-state index in [4.69, 9.17) is 16.3 Å². The first-order valence-corrected chi connectivity index (χ1v) is 5.97. The molecule has 1 aliphatic rings. The number of hydrogen-bond donors (Lipinski definition) is 0. The zero-order valence-corrected chi connectivity index (χ0v) is 9.83. The van der Waals surface area contributed by atoms with E-state index in [0.29, 0.717) is 5.92 Å². The summed E-state index contributed by atoms with van der Waals surface area (Å²) in [7, 11) is 0. The molecule has 2 heteroatoms. The van der Waals surface area contributed by atoms with Gasteiger partial charge in [-0.25, -0.2) is 0 Å². The lowest BCUT2D eigenvalue weighted by atomic mass is 9.93. The molecular formula is C13H17ClO. The highest BCUT2D eigenvalue weighted by Gasteiger charge is 2.23. The Morgan fingerprint density at radius 2 is 2.07 bits per heavy atom. The number of ether oxygens (including phenoxy) is 1. The molecular weight excluding hydrogens is 208 g/mol. The van der Waals surface area contributed by atoms with Gasteiger partial charge in [-0.2, -0.15) is 0 Å². The molecule has 0 N–H and O–H groups in total. The van der Waals surface area contributed by atoms with E-state index >= 15 is 0 Å². The van der Waals surface area contributed by atoms with E-state index in [0.717, 1.165) is 26.1 Å². The Bertz CT molecular complexity index is 307. The summed E-state index contributed by atoms with van der Waals surface area (Å²) in [6, 6.07) is 8.69. The molecule has 82 valence electrons. The van der Waals surface area contributed by atoms with Crippen molar-refractivity contribution >= 4 is 11.6 Å². The SMILES string of the molecule is Cc1ccc(CC2COCCC2Cl)cc1. The van der Waals surface area contributed by atoms with Gasteiger partial charge in [0.15, 0.2) is 0 Å². The molecule has 1 saturated heterocycles. The summed E-state index contributed by atoms with van der Waals surface area (Å²) in [5.74, 6) is 0.475. The minimum Gasteiger partial charge on any atom is -0.381 e. The standard InChI is InChI=1S/C13H17ClO/c1-10-2-4-11(5-3-10)8-12-9-15-7-6-13(12)14/h2-5,12-13H,6-9H2,1H3. The van der Waals surface area contributed by atoms with Crippen LogP contribution >= 0.6 is 11.6 Å². The van der Waals surface area contributed by atoms with Crippen molar-refractivity contribution in [2.75, 3.05) is 13.2 Å². The average molecular weight is 225 g/mol. The van der Waals surface area contributed by atoms with Crippen LogP contribution in [0.3, 0.4) is 0 Å². The number of alkyl halides is 1. The average Bonchev–Trinajstić information content (AvgIpc) is 2.25. The second-order valence-electron chi connectivity index (χ2n) is 4.33. The molecule has 1 fully saturated rings. The van der Waals surface area contributed by atoms with Crippen LogP contribution in [-0.2, 0) is 11.2 Å². The molecule has 2 atom stereocenters. The summed E-state index contributed by atoms with van der Waals surface area (Å²) >= 11 is 6.28. The maximum atomic E-state index is 6.28. The van der Waals surface area contributed by atoms with Crippen molar-refractivity contribution in [3.8, 4) is 0 Å². The summed E-state index contributed by atoms with van der Waals surface area (Å²) < 4.78 is 5.46. The number of halogens is 1. The summed E-state index contributed by atoms with van der Waals surface area (Å²) in [4.78, 5) is 0. The van der Waals surface area contributed by atoms with Crippen LogP contribution in [0.25, 0.3) is 0 Å². The minimum absolute atomic E-state index is 0.278. The molecule has 0 radical (unpaired) electrons. The van der Waals surface area contributed by atoms with Gasteiger partial charge in [0.25, 0.3) is 0 Å². The molecule has 15 heavy (non-hydrogen) atoms. The normalized spacial score (nSPS) is 26.5. The van der Waals surface area contributed by atoms with E-state index in [9.17, 15) is 0 Å².